The molecule has 0 bridgehead atoms. The first kappa shape index (κ1) is 12.1. The van der Waals surface area contributed by atoms with E-state index in [0.717, 1.165) is 25.8 Å². The highest BCUT2D eigenvalue weighted by molar-refractivity contribution is 5.92. The number of carbonyl (C=O) groups is 1. The van der Waals surface area contributed by atoms with Crippen molar-refractivity contribution in [3.8, 4) is 0 Å². The van der Waals surface area contributed by atoms with Gasteiger partial charge in [-0.2, -0.15) is 5.10 Å². The largest absolute Gasteiger partial charge is 0.333 e. The summed E-state index contributed by atoms with van der Waals surface area (Å²) in [5, 5.41) is 4.17. The van der Waals surface area contributed by atoms with Gasteiger partial charge in [0.25, 0.3) is 5.91 Å². The molecular weight excluding hydrogens is 216 g/mol. The third-order valence-corrected chi connectivity index (χ3v) is 3.34. The van der Waals surface area contributed by atoms with Crippen LogP contribution in [0.3, 0.4) is 0 Å². The molecule has 1 aliphatic heterocycles. The molecule has 94 valence electrons. The molecule has 1 unspecified atom stereocenters. The lowest BCUT2D eigenvalue weighted by atomic mass is 10.1. The minimum atomic E-state index is 0.0166. The van der Waals surface area contributed by atoms with Gasteiger partial charge < -0.3 is 10.6 Å². The number of nitrogens with two attached hydrogens (primary N) is 1. The van der Waals surface area contributed by atoms with Crippen LogP contribution in [0.25, 0.3) is 0 Å². The smallest absolute Gasteiger partial charge is 0.274 e. The van der Waals surface area contributed by atoms with Crippen molar-refractivity contribution in [2.75, 3.05) is 13.1 Å². The lowest BCUT2D eigenvalue weighted by Gasteiger charge is -2.28. The van der Waals surface area contributed by atoms with Crippen molar-refractivity contribution in [3.05, 3.63) is 18.0 Å². The van der Waals surface area contributed by atoms with Gasteiger partial charge in [0.05, 0.1) is 0 Å². The molecule has 2 rings (SSSR count). The predicted octanol–water partition coefficient (Wildman–Crippen LogP) is 0.764. The molecule has 1 fully saturated rings. The molecule has 1 saturated heterocycles. The molecular formula is C12H20N4O. The van der Waals surface area contributed by atoms with E-state index in [1.54, 1.807) is 16.9 Å². The SMILES string of the molecule is Cn1ccc(C(=O)N2CCCCCC2CN)n1. The number of amides is 1. The van der Waals surface area contributed by atoms with Gasteiger partial charge in [-0.3, -0.25) is 9.48 Å². The molecule has 0 radical (unpaired) electrons. The molecule has 2 heterocycles. The highest BCUT2D eigenvalue weighted by Gasteiger charge is 2.26. The van der Waals surface area contributed by atoms with E-state index in [0.29, 0.717) is 12.2 Å². The molecule has 1 aromatic rings. The number of aryl methyl sites for hydroxylation is 1. The predicted molar refractivity (Wildman–Crippen MR) is 65.6 cm³/mol. The minimum Gasteiger partial charge on any atom is -0.333 e. The molecule has 0 saturated carbocycles. The van der Waals surface area contributed by atoms with E-state index in [1.807, 2.05) is 11.9 Å². The Kier molecular flexibility index (Phi) is 3.78. The van der Waals surface area contributed by atoms with Crippen molar-refractivity contribution >= 4 is 5.91 Å². The van der Waals surface area contributed by atoms with Gasteiger partial charge in [-0.25, -0.2) is 0 Å². The molecule has 0 spiro atoms. The summed E-state index contributed by atoms with van der Waals surface area (Å²) in [6.45, 7) is 1.34. The van der Waals surface area contributed by atoms with E-state index in [9.17, 15) is 4.79 Å². The molecule has 1 atom stereocenters. The van der Waals surface area contributed by atoms with Gasteiger partial charge in [0.1, 0.15) is 5.69 Å². The molecule has 2 N–H and O–H groups in total. The van der Waals surface area contributed by atoms with E-state index >= 15 is 0 Å². The third-order valence-electron chi connectivity index (χ3n) is 3.34. The van der Waals surface area contributed by atoms with Crippen LogP contribution < -0.4 is 5.73 Å². The Balaban J connectivity index is 2.15. The first-order chi connectivity index (χ1) is 8.22. The van der Waals surface area contributed by atoms with Gasteiger partial charge >= 0.3 is 0 Å². The van der Waals surface area contributed by atoms with Gasteiger partial charge in [0, 0.05) is 32.4 Å². The molecule has 0 aromatic carbocycles. The minimum absolute atomic E-state index is 0.0166. The van der Waals surface area contributed by atoms with Crippen molar-refractivity contribution in [1.29, 1.82) is 0 Å². The number of nitrogens with zero attached hydrogens (tertiary/aromatic N) is 3. The zero-order valence-electron chi connectivity index (χ0n) is 10.3. The summed E-state index contributed by atoms with van der Waals surface area (Å²) in [5.74, 6) is 0.0166. The number of likely N-dealkylation sites (tertiary alicyclic amines) is 1. The fraction of sp³-hybridized carbons (Fsp3) is 0.667. The second-order valence-corrected chi connectivity index (χ2v) is 4.61. The molecule has 1 amide bonds. The summed E-state index contributed by atoms with van der Waals surface area (Å²) in [6.07, 6.45) is 6.21. The van der Waals surface area contributed by atoms with Crippen LogP contribution in [-0.4, -0.2) is 39.7 Å². The Morgan fingerprint density at radius 1 is 1.53 bits per heavy atom. The molecule has 5 nitrogen and oxygen atoms in total. The summed E-state index contributed by atoms with van der Waals surface area (Å²) >= 11 is 0. The van der Waals surface area contributed by atoms with E-state index in [2.05, 4.69) is 5.10 Å². The standard InChI is InChI=1S/C12H20N4O/c1-15-8-6-11(14-15)12(17)16-7-4-2-3-5-10(16)9-13/h6,8,10H,2-5,7,9,13H2,1H3. The molecule has 1 aliphatic rings. The van der Waals surface area contributed by atoms with Crippen LogP contribution in [0.4, 0.5) is 0 Å². The first-order valence-corrected chi connectivity index (χ1v) is 6.23. The van der Waals surface area contributed by atoms with E-state index in [-0.39, 0.29) is 11.9 Å². The van der Waals surface area contributed by atoms with E-state index < -0.39 is 0 Å². The highest BCUT2D eigenvalue weighted by atomic mass is 16.2. The highest BCUT2D eigenvalue weighted by Crippen LogP contribution is 2.18. The number of hydrogen-bond donors (Lipinski definition) is 1. The maximum Gasteiger partial charge on any atom is 0.274 e. The van der Waals surface area contributed by atoms with Crippen molar-refractivity contribution in [1.82, 2.24) is 14.7 Å². The van der Waals surface area contributed by atoms with E-state index in [4.69, 9.17) is 5.73 Å². The van der Waals surface area contributed by atoms with E-state index in [1.165, 1.54) is 6.42 Å². The Hall–Kier alpha value is -1.36. The van der Waals surface area contributed by atoms with Crippen molar-refractivity contribution in [2.24, 2.45) is 12.8 Å². The average molecular weight is 236 g/mol. The maximum atomic E-state index is 12.3. The molecule has 0 aliphatic carbocycles. The van der Waals surface area contributed by atoms with Crippen molar-refractivity contribution in [3.63, 3.8) is 0 Å². The molecule has 1 aromatic heterocycles. The van der Waals surface area contributed by atoms with Gasteiger partial charge in [0.2, 0.25) is 0 Å². The lowest BCUT2D eigenvalue weighted by molar-refractivity contribution is 0.0682. The van der Waals surface area contributed by atoms with Gasteiger partial charge in [-0.1, -0.05) is 12.8 Å². The van der Waals surface area contributed by atoms with Crippen LogP contribution in [0.1, 0.15) is 36.2 Å². The Morgan fingerprint density at radius 2 is 2.35 bits per heavy atom. The summed E-state index contributed by atoms with van der Waals surface area (Å²) in [7, 11) is 1.82. The fourth-order valence-electron chi connectivity index (χ4n) is 2.37. The Morgan fingerprint density at radius 3 is 3.00 bits per heavy atom. The number of aromatic nitrogens is 2. The fourth-order valence-corrected chi connectivity index (χ4v) is 2.37. The maximum absolute atomic E-state index is 12.3. The van der Waals surface area contributed by atoms with Gasteiger partial charge in [-0.05, 0) is 18.9 Å². The Bertz CT molecular complexity index is 388. The summed E-state index contributed by atoms with van der Waals surface area (Å²) in [6, 6.07) is 1.94. The summed E-state index contributed by atoms with van der Waals surface area (Å²) < 4.78 is 1.66. The van der Waals surface area contributed by atoms with Crippen molar-refractivity contribution in [2.45, 2.75) is 31.7 Å². The topological polar surface area (TPSA) is 64.2 Å². The molecule has 5 heteroatoms. The monoisotopic (exact) mass is 236 g/mol. The van der Waals surface area contributed by atoms with Crippen LogP contribution in [-0.2, 0) is 7.05 Å². The number of carbonyl (C=O) groups excluding carboxylic acids is 1. The Labute approximate surface area is 102 Å². The van der Waals surface area contributed by atoms with Crippen molar-refractivity contribution < 1.29 is 4.79 Å². The van der Waals surface area contributed by atoms with Gasteiger partial charge in [-0.15, -0.1) is 0 Å². The van der Waals surface area contributed by atoms with Crippen LogP contribution in [0, 0.1) is 0 Å². The van der Waals surface area contributed by atoms with Crippen LogP contribution >= 0.6 is 0 Å². The zero-order chi connectivity index (χ0) is 12.3. The summed E-state index contributed by atoms with van der Waals surface area (Å²) in [5.41, 5.74) is 6.29. The number of hydrogen-bond acceptors (Lipinski definition) is 3. The van der Waals surface area contributed by atoms with Crippen LogP contribution in [0.5, 0.6) is 0 Å². The zero-order valence-corrected chi connectivity index (χ0v) is 10.3. The third kappa shape index (κ3) is 2.66. The average Bonchev–Trinajstić information content (AvgIpc) is 2.64. The number of rotatable bonds is 2. The molecule has 17 heavy (non-hydrogen) atoms. The van der Waals surface area contributed by atoms with Gasteiger partial charge in [0.15, 0.2) is 0 Å². The second kappa shape index (κ2) is 5.31. The van der Waals surface area contributed by atoms with Crippen LogP contribution in [0.15, 0.2) is 12.3 Å². The second-order valence-electron chi connectivity index (χ2n) is 4.61. The quantitative estimate of drug-likeness (QED) is 0.824. The first-order valence-electron chi connectivity index (χ1n) is 6.23. The normalized spacial score (nSPS) is 21.3. The van der Waals surface area contributed by atoms with Crippen LogP contribution in [0.2, 0.25) is 0 Å². The summed E-state index contributed by atoms with van der Waals surface area (Å²) in [4.78, 5) is 14.2. The lowest BCUT2D eigenvalue weighted by Crippen LogP contribution is -2.44.